The van der Waals surface area contributed by atoms with Crippen molar-refractivity contribution in [1.29, 1.82) is 0 Å². The Morgan fingerprint density at radius 2 is 1.68 bits per heavy atom. The van der Waals surface area contributed by atoms with Crippen LogP contribution in [0.25, 0.3) is 0 Å². The minimum absolute atomic E-state index is 0.0273. The van der Waals surface area contributed by atoms with Crippen molar-refractivity contribution in [2.45, 2.75) is 26.2 Å². The Bertz CT molecular complexity index is 678. The van der Waals surface area contributed by atoms with Crippen LogP contribution in [0.15, 0.2) is 46.9 Å². The lowest BCUT2D eigenvalue weighted by Crippen LogP contribution is -2.22. The van der Waals surface area contributed by atoms with Gasteiger partial charge in [0.25, 0.3) is 0 Å². The summed E-state index contributed by atoms with van der Waals surface area (Å²) in [7, 11) is 0. The second kappa shape index (κ2) is 6.99. The molecule has 0 spiro atoms. The van der Waals surface area contributed by atoms with Gasteiger partial charge in [-0.25, -0.2) is 0 Å². The molecule has 0 unspecified atom stereocenters. The standard InChI is InChI=1S/C17H18BrClN2S/c1-17(2,3)14-10-12(19)6-9-15(14)21-16(22)20-13-7-4-11(18)5-8-13/h4-10H,1-3H3,(H2,20,21,22). The SMILES string of the molecule is CC(C)(C)c1cc(Cl)ccc1NC(=S)Nc1ccc(Br)cc1. The van der Waals surface area contributed by atoms with E-state index in [0.717, 1.165) is 26.4 Å². The number of hydrogen-bond donors (Lipinski definition) is 2. The highest BCUT2D eigenvalue weighted by molar-refractivity contribution is 9.10. The summed E-state index contributed by atoms with van der Waals surface area (Å²) in [5.74, 6) is 0. The van der Waals surface area contributed by atoms with Gasteiger partial charge in [0.05, 0.1) is 0 Å². The van der Waals surface area contributed by atoms with Gasteiger partial charge in [-0.3, -0.25) is 0 Å². The smallest absolute Gasteiger partial charge is 0.175 e. The lowest BCUT2D eigenvalue weighted by atomic mass is 9.86. The van der Waals surface area contributed by atoms with Crippen molar-refractivity contribution in [3.05, 3.63) is 57.5 Å². The van der Waals surface area contributed by atoms with Crippen LogP contribution in [-0.2, 0) is 5.41 Å². The summed E-state index contributed by atoms with van der Waals surface area (Å²) in [6.45, 7) is 6.44. The molecule has 116 valence electrons. The van der Waals surface area contributed by atoms with Gasteiger partial charge in [0, 0.05) is 20.9 Å². The molecule has 0 aliphatic rings. The fraction of sp³-hybridized carbons (Fsp3) is 0.235. The maximum Gasteiger partial charge on any atom is 0.175 e. The first kappa shape index (κ1) is 17.3. The Hall–Kier alpha value is -1.10. The zero-order valence-corrected chi connectivity index (χ0v) is 15.9. The van der Waals surface area contributed by atoms with E-state index in [1.807, 2.05) is 42.5 Å². The fourth-order valence-corrected chi connectivity index (χ4v) is 2.73. The van der Waals surface area contributed by atoms with Crippen molar-refractivity contribution >= 4 is 56.2 Å². The molecular weight excluding hydrogens is 380 g/mol. The number of anilines is 2. The third-order valence-electron chi connectivity index (χ3n) is 3.14. The predicted octanol–water partition coefficient (Wildman–Crippen LogP) is 6.21. The van der Waals surface area contributed by atoms with Crippen molar-refractivity contribution in [3.8, 4) is 0 Å². The van der Waals surface area contributed by atoms with Gasteiger partial charge in [0.15, 0.2) is 5.11 Å². The molecule has 0 aromatic heterocycles. The highest BCUT2D eigenvalue weighted by Crippen LogP contribution is 2.32. The minimum Gasteiger partial charge on any atom is -0.332 e. The van der Waals surface area contributed by atoms with Crippen LogP contribution >= 0.6 is 39.7 Å². The average Bonchev–Trinajstić information content (AvgIpc) is 2.42. The molecule has 0 saturated carbocycles. The van der Waals surface area contributed by atoms with Crippen molar-refractivity contribution < 1.29 is 0 Å². The lowest BCUT2D eigenvalue weighted by molar-refractivity contribution is 0.592. The first-order valence-electron chi connectivity index (χ1n) is 6.89. The monoisotopic (exact) mass is 396 g/mol. The van der Waals surface area contributed by atoms with E-state index in [1.54, 1.807) is 0 Å². The fourth-order valence-electron chi connectivity index (χ4n) is 2.06. The summed E-state index contributed by atoms with van der Waals surface area (Å²) >= 11 is 14.9. The highest BCUT2D eigenvalue weighted by Gasteiger charge is 2.19. The Kier molecular flexibility index (Phi) is 5.48. The van der Waals surface area contributed by atoms with Crippen LogP contribution in [0.1, 0.15) is 26.3 Å². The summed E-state index contributed by atoms with van der Waals surface area (Å²) in [4.78, 5) is 0. The number of rotatable bonds is 2. The molecule has 2 N–H and O–H groups in total. The maximum absolute atomic E-state index is 6.12. The molecule has 2 rings (SSSR count). The lowest BCUT2D eigenvalue weighted by Gasteiger charge is -2.24. The first-order valence-corrected chi connectivity index (χ1v) is 8.47. The van der Waals surface area contributed by atoms with E-state index in [0.29, 0.717) is 5.11 Å². The van der Waals surface area contributed by atoms with Crippen molar-refractivity contribution in [3.63, 3.8) is 0 Å². The topological polar surface area (TPSA) is 24.1 Å². The Morgan fingerprint density at radius 1 is 1.05 bits per heavy atom. The number of halogens is 2. The van der Waals surface area contributed by atoms with Crippen LogP contribution in [0, 0.1) is 0 Å². The minimum atomic E-state index is -0.0273. The van der Waals surface area contributed by atoms with E-state index in [9.17, 15) is 0 Å². The molecule has 0 atom stereocenters. The van der Waals surface area contributed by atoms with Gasteiger partial charge >= 0.3 is 0 Å². The van der Waals surface area contributed by atoms with E-state index in [-0.39, 0.29) is 5.41 Å². The molecule has 0 aliphatic carbocycles. The van der Waals surface area contributed by atoms with Crippen molar-refractivity contribution in [2.75, 3.05) is 10.6 Å². The van der Waals surface area contributed by atoms with Gasteiger partial charge < -0.3 is 10.6 Å². The van der Waals surface area contributed by atoms with Crippen molar-refractivity contribution in [2.24, 2.45) is 0 Å². The Morgan fingerprint density at radius 3 is 2.27 bits per heavy atom. The van der Waals surface area contributed by atoms with E-state index < -0.39 is 0 Å². The molecule has 5 heteroatoms. The summed E-state index contributed by atoms with van der Waals surface area (Å²) in [6.07, 6.45) is 0. The van der Waals surface area contributed by atoms with Gasteiger partial charge in [0.2, 0.25) is 0 Å². The van der Waals surface area contributed by atoms with Gasteiger partial charge in [-0.2, -0.15) is 0 Å². The summed E-state index contributed by atoms with van der Waals surface area (Å²) in [5, 5.41) is 7.71. The van der Waals surface area contributed by atoms with Gasteiger partial charge in [0.1, 0.15) is 0 Å². The van der Waals surface area contributed by atoms with E-state index >= 15 is 0 Å². The molecule has 2 aromatic carbocycles. The normalized spacial score (nSPS) is 11.1. The van der Waals surface area contributed by atoms with E-state index in [2.05, 4.69) is 47.3 Å². The van der Waals surface area contributed by atoms with Gasteiger partial charge in [-0.05, 0) is 65.7 Å². The second-order valence-electron chi connectivity index (χ2n) is 6.03. The highest BCUT2D eigenvalue weighted by atomic mass is 79.9. The van der Waals surface area contributed by atoms with Crippen LogP contribution < -0.4 is 10.6 Å². The largest absolute Gasteiger partial charge is 0.332 e. The molecule has 0 radical (unpaired) electrons. The van der Waals surface area contributed by atoms with Gasteiger partial charge in [-0.15, -0.1) is 0 Å². The molecule has 2 nitrogen and oxygen atoms in total. The quantitative estimate of drug-likeness (QED) is 0.589. The number of thiocarbonyl (C=S) groups is 1. The third-order valence-corrected chi connectivity index (χ3v) is 4.11. The third kappa shape index (κ3) is 4.70. The van der Waals surface area contributed by atoms with Gasteiger partial charge in [-0.1, -0.05) is 48.3 Å². The van der Waals surface area contributed by atoms with Crippen LogP contribution in [0.3, 0.4) is 0 Å². The molecular formula is C17H18BrClN2S. The zero-order chi connectivity index (χ0) is 16.3. The maximum atomic E-state index is 6.12. The number of hydrogen-bond acceptors (Lipinski definition) is 1. The second-order valence-corrected chi connectivity index (χ2v) is 7.79. The first-order chi connectivity index (χ1) is 10.3. The van der Waals surface area contributed by atoms with Crippen LogP contribution in [0.4, 0.5) is 11.4 Å². The number of nitrogens with one attached hydrogen (secondary N) is 2. The zero-order valence-electron chi connectivity index (χ0n) is 12.7. The molecule has 0 saturated heterocycles. The molecule has 0 amide bonds. The predicted molar refractivity (Wildman–Crippen MR) is 104 cm³/mol. The Balaban J connectivity index is 2.16. The van der Waals surface area contributed by atoms with E-state index in [1.165, 1.54) is 0 Å². The molecule has 2 aromatic rings. The van der Waals surface area contributed by atoms with Crippen molar-refractivity contribution in [1.82, 2.24) is 0 Å². The Labute approximate surface area is 150 Å². The number of benzene rings is 2. The molecule has 22 heavy (non-hydrogen) atoms. The molecule has 0 heterocycles. The summed E-state index contributed by atoms with van der Waals surface area (Å²) in [6, 6.07) is 13.7. The summed E-state index contributed by atoms with van der Waals surface area (Å²) in [5.41, 5.74) is 3.00. The van der Waals surface area contributed by atoms with Crippen LogP contribution in [-0.4, -0.2) is 5.11 Å². The van der Waals surface area contributed by atoms with E-state index in [4.69, 9.17) is 23.8 Å². The summed E-state index contributed by atoms with van der Waals surface area (Å²) < 4.78 is 1.03. The molecule has 0 aliphatic heterocycles. The van der Waals surface area contributed by atoms with Crippen LogP contribution in [0.5, 0.6) is 0 Å². The molecule has 0 fully saturated rings. The average molecular weight is 398 g/mol. The molecule has 0 bridgehead atoms. The van der Waals surface area contributed by atoms with Crippen LogP contribution in [0.2, 0.25) is 5.02 Å².